The topological polar surface area (TPSA) is 17.1 Å². The largest absolute Gasteiger partial charge is 0.287 e. The Hall–Kier alpha value is 0.0200. The van der Waals surface area contributed by atoms with E-state index in [0.29, 0.717) is 5.12 Å². The van der Waals surface area contributed by atoms with E-state index in [2.05, 4.69) is 34.6 Å². The van der Waals surface area contributed by atoms with Crippen LogP contribution in [-0.2, 0) is 4.79 Å². The monoisotopic (exact) mass is 272 g/mol. The number of rotatable bonds is 10. The summed E-state index contributed by atoms with van der Waals surface area (Å²) in [6.07, 6.45) is 9.37. The standard InChI is InChI=1S/C16H32OS/c1-6-9-11-14(4)15(17)18-16(5,12-8-3)13-10-7-2/h14H,6-13H2,1-5H3. The molecule has 0 fully saturated rings. The number of carbonyl (C=O) groups excluding carboxylic acids is 1. The highest BCUT2D eigenvalue weighted by Gasteiger charge is 2.28. The van der Waals surface area contributed by atoms with Crippen molar-refractivity contribution in [2.24, 2.45) is 5.92 Å². The number of hydrogen-bond acceptors (Lipinski definition) is 2. The van der Waals surface area contributed by atoms with E-state index in [9.17, 15) is 4.79 Å². The van der Waals surface area contributed by atoms with Gasteiger partial charge >= 0.3 is 0 Å². The summed E-state index contributed by atoms with van der Waals surface area (Å²) in [6, 6.07) is 0. The Morgan fingerprint density at radius 3 is 2.17 bits per heavy atom. The lowest BCUT2D eigenvalue weighted by Gasteiger charge is -2.29. The summed E-state index contributed by atoms with van der Waals surface area (Å²) in [4.78, 5) is 12.3. The first-order valence-corrected chi connectivity index (χ1v) is 8.53. The Bertz CT molecular complexity index is 227. The number of unbranched alkanes of at least 4 members (excludes halogenated alkanes) is 2. The van der Waals surface area contributed by atoms with E-state index < -0.39 is 0 Å². The van der Waals surface area contributed by atoms with Crippen LogP contribution in [0, 0.1) is 5.92 Å². The van der Waals surface area contributed by atoms with E-state index in [1.165, 1.54) is 38.5 Å². The van der Waals surface area contributed by atoms with Crippen LogP contribution in [0.4, 0.5) is 0 Å². The zero-order valence-electron chi connectivity index (χ0n) is 13.1. The quantitative estimate of drug-likeness (QED) is 0.498. The predicted octanol–water partition coefficient (Wildman–Crippen LogP) is 5.82. The minimum atomic E-state index is 0.169. The molecule has 0 rings (SSSR count). The van der Waals surface area contributed by atoms with Crippen molar-refractivity contribution in [3.63, 3.8) is 0 Å². The second-order valence-electron chi connectivity index (χ2n) is 5.77. The normalized spacial score (nSPS) is 16.3. The van der Waals surface area contributed by atoms with Gasteiger partial charge in [0.2, 0.25) is 0 Å². The van der Waals surface area contributed by atoms with Crippen LogP contribution in [0.1, 0.15) is 86.0 Å². The zero-order chi connectivity index (χ0) is 14.0. The minimum absolute atomic E-state index is 0.169. The predicted molar refractivity (Wildman–Crippen MR) is 84.1 cm³/mol. The number of thioether (sulfide) groups is 1. The van der Waals surface area contributed by atoms with Crippen molar-refractivity contribution in [3.8, 4) is 0 Å². The summed E-state index contributed by atoms with van der Waals surface area (Å²) in [6.45, 7) is 11.0. The van der Waals surface area contributed by atoms with E-state index in [1.807, 2.05) is 0 Å². The third-order valence-corrected chi connectivity index (χ3v) is 5.08. The van der Waals surface area contributed by atoms with Crippen molar-refractivity contribution in [2.75, 3.05) is 0 Å². The molecule has 0 aromatic heterocycles. The third kappa shape index (κ3) is 7.45. The van der Waals surface area contributed by atoms with Crippen LogP contribution in [0.2, 0.25) is 0 Å². The molecule has 0 spiro atoms. The molecule has 0 aromatic carbocycles. The van der Waals surface area contributed by atoms with E-state index in [4.69, 9.17) is 0 Å². The van der Waals surface area contributed by atoms with Gasteiger partial charge in [-0.2, -0.15) is 0 Å². The van der Waals surface area contributed by atoms with Crippen LogP contribution >= 0.6 is 11.8 Å². The van der Waals surface area contributed by atoms with E-state index in [0.717, 1.165) is 12.8 Å². The molecule has 0 bridgehead atoms. The molecule has 18 heavy (non-hydrogen) atoms. The van der Waals surface area contributed by atoms with Gasteiger partial charge in [-0.3, -0.25) is 4.79 Å². The lowest BCUT2D eigenvalue weighted by Crippen LogP contribution is -2.24. The first-order valence-electron chi connectivity index (χ1n) is 7.72. The van der Waals surface area contributed by atoms with Crippen LogP contribution < -0.4 is 0 Å². The van der Waals surface area contributed by atoms with Gasteiger partial charge in [-0.05, 0) is 26.2 Å². The molecule has 0 aliphatic rings. The molecule has 2 unspecified atom stereocenters. The van der Waals surface area contributed by atoms with Gasteiger partial charge in [0.25, 0.3) is 0 Å². The molecule has 2 atom stereocenters. The molecular weight excluding hydrogens is 240 g/mol. The highest BCUT2D eigenvalue weighted by Crippen LogP contribution is 2.37. The number of hydrogen-bond donors (Lipinski definition) is 0. The van der Waals surface area contributed by atoms with Crippen molar-refractivity contribution in [1.29, 1.82) is 0 Å². The fourth-order valence-electron chi connectivity index (χ4n) is 2.28. The second kappa shape index (κ2) is 9.89. The van der Waals surface area contributed by atoms with Crippen LogP contribution in [0.5, 0.6) is 0 Å². The SMILES string of the molecule is CCCCC(C)C(=O)SC(C)(CCC)CCCC. The van der Waals surface area contributed by atoms with Gasteiger partial charge < -0.3 is 0 Å². The van der Waals surface area contributed by atoms with Gasteiger partial charge in [0, 0.05) is 10.7 Å². The van der Waals surface area contributed by atoms with Gasteiger partial charge in [-0.1, -0.05) is 71.6 Å². The van der Waals surface area contributed by atoms with Gasteiger partial charge in [-0.15, -0.1) is 0 Å². The van der Waals surface area contributed by atoms with Crippen molar-refractivity contribution in [2.45, 2.75) is 90.7 Å². The molecule has 2 heteroatoms. The van der Waals surface area contributed by atoms with Crippen LogP contribution in [0.25, 0.3) is 0 Å². The molecular formula is C16H32OS. The fourth-order valence-corrected chi connectivity index (χ4v) is 3.64. The Kier molecular flexibility index (Phi) is 9.90. The summed E-state index contributed by atoms with van der Waals surface area (Å²) in [5, 5.41) is 0.413. The van der Waals surface area contributed by atoms with Crippen molar-refractivity contribution < 1.29 is 4.79 Å². The summed E-state index contributed by atoms with van der Waals surface area (Å²) in [5.41, 5.74) is 0. The summed E-state index contributed by atoms with van der Waals surface area (Å²) in [5.74, 6) is 0.229. The maximum absolute atomic E-state index is 12.3. The van der Waals surface area contributed by atoms with E-state index in [-0.39, 0.29) is 10.7 Å². The molecule has 1 nitrogen and oxygen atoms in total. The highest BCUT2D eigenvalue weighted by atomic mass is 32.2. The van der Waals surface area contributed by atoms with E-state index >= 15 is 0 Å². The maximum atomic E-state index is 12.3. The summed E-state index contributed by atoms with van der Waals surface area (Å²) < 4.78 is 0.169. The zero-order valence-corrected chi connectivity index (χ0v) is 13.9. The van der Waals surface area contributed by atoms with Crippen molar-refractivity contribution >= 4 is 16.9 Å². The maximum Gasteiger partial charge on any atom is 0.192 e. The first kappa shape index (κ1) is 18.0. The molecule has 0 radical (unpaired) electrons. The number of carbonyl (C=O) groups is 1. The molecule has 0 heterocycles. The van der Waals surface area contributed by atoms with Gasteiger partial charge in [0.15, 0.2) is 5.12 Å². The third-order valence-electron chi connectivity index (χ3n) is 3.58. The molecule has 0 aliphatic heterocycles. The molecule has 0 saturated carbocycles. The molecule has 0 saturated heterocycles. The molecule has 0 N–H and O–H groups in total. The van der Waals surface area contributed by atoms with Crippen LogP contribution in [-0.4, -0.2) is 9.86 Å². The molecule has 0 aromatic rings. The smallest absolute Gasteiger partial charge is 0.192 e. The Morgan fingerprint density at radius 2 is 1.67 bits per heavy atom. The van der Waals surface area contributed by atoms with Gasteiger partial charge in [0.05, 0.1) is 0 Å². The average molecular weight is 272 g/mol. The van der Waals surface area contributed by atoms with Crippen molar-refractivity contribution in [3.05, 3.63) is 0 Å². The molecule has 0 aliphatic carbocycles. The first-order chi connectivity index (χ1) is 8.49. The fraction of sp³-hybridized carbons (Fsp3) is 0.938. The lowest BCUT2D eigenvalue weighted by atomic mass is 9.98. The Labute approximate surface area is 118 Å². The average Bonchev–Trinajstić information content (AvgIpc) is 2.33. The molecule has 108 valence electrons. The summed E-state index contributed by atoms with van der Waals surface area (Å²) >= 11 is 1.63. The van der Waals surface area contributed by atoms with Crippen molar-refractivity contribution in [1.82, 2.24) is 0 Å². The Balaban J connectivity index is 4.33. The van der Waals surface area contributed by atoms with E-state index in [1.54, 1.807) is 11.8 Å². The second-order valence-corrected chi connectivity index (χ2v) is 7.36. The van der Waals surface area contributed by atoms with Crippen LogP contribution in [0.15, 0.2) is 0 Å². The minimum Gasteiger partial charge on any atom is -0.287 e. The highest BCUT2D eigenvalue weighted by molar-refractivity contribution is 8.14. The lowest BCUT2D eigenvalue weighted by molar-refractivity contribution is -0.114. The van der Waals surface area contributed by atoms with Crippen LogP contribution in [0.3, 0.4) is 0 Å². The van der Waals surface area contributed by atoms with Gasteiger partial charge in [0.1, 0.15) is 0 Å². The van der Waals surface area contributed by atoms with Gasteiger partial charge in [-0.25, -0.2) is 0 Å². The summed E-state index contributed by atoms with van der Waals surface area (Å²) in [7, 11) is 0. The Morgan fingerprint density at radius 1 is 1.06 bits per heavy atom. The molecule has 0 amide bonds.